The molecule has 70 valence electrons. The van der Waals surface area contributed by atoms with Gasteiger partial charge in [-0.2, -0.15) is 0 Å². The zero-order valence-electron chi connectivity index (χ0n) is 7.25. The zero-order chi connectivity index (χ0) is 9.71. The van der Waals surface area contributed by atoms with E-state index in [0.29, 0.717) is 5.13 Å². The predicted molar refractivity (Wildman–Crippen MR) is 63.4 cm³/mol. The Labute approximate surface area is 93.3 Å². The maximum absolute atomic E-state index is 5.67. The lowest BCUT2D eigenvalue weighted by Gasteiger charge is -2.08. The lowest BCUT2D eigenvalue weighted by Crippen LogP contribution is -2.19. The normalized spacial score (nSPS) is 18.2. The third-order valence-corrected chi connectivity index (χ3v) is 3.92. The molecule has 1 heterocycles. The van der Waals surface area contributed by atoms with Gasteiger partial charge in [-0.25, -0.2) is 4.98 Å². The van der Waals surface area contributed by atoms with Crippen molar-refractivity contribution in [3.05, 3.63) is 32.1 Å². The Bertz CT molecular complexity index is 592. The molecule has 2 aliphatic carbocycles. The van der Waals surface area contributed by atoms with E-state index in [4.69, 9.17) is 5.73 Å². The molecule has 1 aromatic rings. The molecule has 0 saturated heterocycles. The molecule has 0 spiro atoms. The van der Waals surface area contributed by atoms with E-state index in [-0.39, 0.29) is 0 Å². The van der Waals surface area contributed by atoms with Crippen LogP contribution in [0.5, 0.6) is 0 Å². The number of thiazole rings is 1. The maximum Gasteiger partial charge on any atom is 0.181 e. The first-order chi connectivity index (χ1) is 6.75. The van der Waals surface area contributed by atoms with Gasteiger partial charge in [-0.05, 0) is 23.6 Å². The number of rotatable bonds is 0. The average molecular weight is 267 g/mol. The van der Waals surface area contributed by atoms with Gasteiger partial charge in [-0.3, -0.25) is 0 Å². The van der Waals surface area contributed by atoms with Gasteiger partial charge >= 0.3 is 0 Å². The highest BCUT2D eigenvalue weighted by molar-refractivity contribution is 9.12. The summed E-state index contributed by atoms with van der Waals surface area (Å²) < 4.78 is 2.33. The molecule has 0 aliphatic heterocycles. The van der Waals surface area contributed by atoms with E-state index >= 15 is 0 Å². The second-order valence-electron chi connectivity index (χ2n) is 3.26. The smallest absolute Gasteiger partial charge is 0.181 e. The van der Waals surface area contributed by atoms with E-state index in [9.17, 15) is 0 Å². The van der Waals surface area contributed by atoms with Gasteiger partial charge in [0.2, 0.25) is 0 Å². The highest BCUT2D eigenvalue weighted by Gasteiger charge is 2.18. The quantitative estimate of drug-likeness (QED) is 0.769. The van der Waals surface area contributed by atoms with E-state index in [0.717, 1.165) is 16.3 Å². The number of hydrogen-bond acceptors (Lipinski definition) is 3. The number of anilines is 1. The first kappa shape index (κ1) is 8.44. The highest BCUT2D eigenvalue weighted by atomic mass is 79.9. The number of halogens is 1. The Hall–Kier alpha value is -0.870. The second-order valence-corrected chi connectivity index (χ2v) is 5.17. The summed E-state index contributed by atoms with van der Waals surface area (Å²) in [4.78, 5) is 4.35. The Morgan fingerprint density at radius 1 is 1.50 bits per heavy atom. The summed E-state index contributed by atoms with van der Waals surface area (Å²) in [6.07, 6.45) is 7.35. The van der Waals surface area contributed by atoms with E-state index in [1.165, 1.54) is 15.7 Å². The Morgan fingerprint density at radius 2 is 2.36 bits per heavy atom. The number of hydrogen-bond donors (Lipinski definition) is 1. The fourth-order valence-corrected chi connectivity index (χ4v) is 3.14. The van der Waals surface area contributed by atoms with Crippen LogP contribution in [0, 0.1) is 0 Å². The zero-order valence-corrected chi connectivity index (χ0v) is 9.65. The van der Waals surface area contributed by atoms with Crippen molar-refractivity contribution in [1.29, 1.82) is 0 Å². The molecule has 14 heavy (non-hydrogen) atoms. The third kappa shape index (κ3) is 1.04. The van der Waals surface area contributed by atoms with Crippen LogP contribution in [0.25, 0.3) is 11.6 Å². The molecule has 1 aromatic heterocycles. The summed E-state index contributed by atoms with van der Waals surface area (Å²) in [5.74, 6) is 0. The SMILES string of the molecule is Nc1nc2c(s1)=CC1=C(Br)C=CCC=21. The van der Waals surface area contributed by atoms with Crippen molar-refractivity contribution in [2.45, 2.75) is 6.42 Å². The van der Waals surface area contributed by atoms with Gasteiger partial charge in [0.15, 0.2) is 5.13 Å². The summed E-state index contributed by atoms with van der Waals surface area (Å²) in [5.41, 5.74) is 8.23. The van der Waals surface area contributed by atoms with E-state index in [2.05, 4.69) is 39.1 Å². The fraction of sp³-hybridized carbons (Fsp3) is 0.100. The molecule has 0 bridgehead atoms. The minimum atomic E-state index is 0.656. The topological polar surface area (TPSA) is 38.9 Å². The number of allylic oxidation sites excluding steroid dienone is 4. The van der Waals surface area contributed by atoms with Crippen molar-refractivity contribution < 1.29 is 0 Å². The molecule has 0 aromatic carbocycles. The Morgan fingerprint density at radius 3 is 3.21 bits per heavy atom. The second kappa shape index (κ2) is 2.81. The van der Waals surface area contributed by atoms with Crippen molar-refractivity contribution in [3.8, 4) is 0 Å². The predicted octanol–water partition coefficient (Wildman–Crippen LogP) is 1.28. The number of nitrogens with zero attached hydrogens (tertiary/aromatic N) is 1. The summed E-state index contributed by atoms with van der Waals surface area (Å²) >= 11 is 5.10. The van der Waals surface area contributed by atoms with Crippen LogP contribution in [0.1, 0.15) is 6.42 Å². The van der Waals surface area contributed by atoms with Crippen LogP contribution in [0.4, 0.5) is 5.13 Å². The summed E-state index contributed by atoms with van der Waals surface area (Å²) in [6, 6.07) is 0. The standard InChI is InChI=1S/C10H7BrN2S/c11-7-3-1-2-5-6(7)4-8-9(5)13-10(12)14-8/h1,3-4H,2H2,(H2,12,13). The van der Waals surface area contributed by atoms with Crippen molar-refractivity contribution in [2.75, 3.05) is 5.73 Å². The lowest BCUT2D eigenvalue weighted by atomic mass is 10.0. The first-order valence-electron chi connectivity index (χ1n) is 4.29. The average Bonchev–Trinajstić information content (AvgIpc) is 2.63. The molecule has 0 fully saturated rings. The van der Waals surface area contributed by atoms with Gasteiger partial charge in [-0.15, -0.1) is 0 Å². The summed E-state index contributed by atoms with van der Waals surface area (Å²) in [5, 5.41) is 1.73. The number of nitrogens with two attached hydrogens (primary N) is 1. The van der Waals surface area contributed by atoms with Crippen LogP contribution in [0.3, 0.4) is 0 Å². The molecule has 2 aliphatic rings. The summed E-state index contributed by atoms with van der Waals surface area (Å²) in [7, 11) is 0. The van der Waals surface area contributed by atoms with Crippen molar-refractivity contribution in [2.24, 2.45) is 0 Å². The molecule has 4 heteroatoms. The van der Waals surface area contributed by atoms with Crippen molar-refractivity contribution >= 4 is 44.0 Å². The lowest BCUT2D eigenvalue weighted by molar-refractivity contribution is 1.26. The third-order valence-electron chi connectivity index (χ3n) is 2.40. The molecule has 0 amide bonds. The Balaban J connectivity index is 2.42. The van der Waals surface area contributed by atoms with Crippen LogP contribution in [0.15, 0.2) is 22.2 Å². The van der Waals surface area contributed by atoms with Crippen LogP contribution in [-0.4, -0.2) is 4.98 Å². The molecule has 0 atom stereocenters. The van der Waals surface area contributed by atoms with Gasteiger partial charge in [0.1, 0.15) is 0 Å². The minimum absolute atomic E-state index is 0.656. The van der Waals surface area contributed by atoms with Crippen LogP contribution < -0.4 is 15.6 Å². The van der Waals surface area contributed by atoms with Crippen LogP contribution in [0.2, 0.25) is 0 Å². The van der Waals surface area contributed by atoms with Crippen molar-refractivity contribution in [1.82, 2.24) is 4.98 Å². The minimum Gasteiger partial charge on any atom is -0.375 e. The van der Waals surface area contributed by atoms with E-state index in [1.54, 1.807) is 11.3 Å². The van der Waals surface area contributed by atoms with Gasteiger partial charge in [0.05, 0.1) is 9.88 Å². The molecule has 2 N–H and O–H groups in total. The first-order valence-corrected chi connectivity index (χ1v) is 5.90. The van der Waals surface area contributed by atoms with Gasteiger partial charge in [0.25, 0.3) is 0 Å². The van der Waals surface area contributed by atoms with E-state index < -0.39 is 0 Å². The summed E-state index contributed by atoms with van der Waals surface area (Å²) in [6.45, 7) is 0. The fourth-order valence-electron chi connectivity index (χ4n) is 1.80. The van der Waals surface area contributed by atoms with Crippen molar-refractivity contribution in [3.63, 3.8) is 0 Å². The van der Waals surface area contributed by atoms with Gasteiger partial charge < -0.3 is 5.73 Å². The number of aromatic nitrogens is 1. The molecular formula is C10H7BrN2S. The molecule has 2 nitrogen and oxygen atoms in total. The largest absolute Gasteiger partial charge is 0.375 e. The molecule has 0 radical (unpaired) electrons. The van der Waals surface area contributed by atoms with Crippen LogP contribution >= 0.6 is 27.3 Å². The molecule has 0 saturated carbocycles. The van der Waals surface area contributed by atoms with Gasteiger partial charge in [0, 0.05) is 4.48 Å². The van der Waals surface area contributed by atoms with Crippen LogP contribution in [-0.2, 0) is 0 Å². The monoisotopic (exact) mass is 266 g/mol. The number of nitrogen functional groups attached to an aromatic ring is 1. The van der Waals surface area contributed by atoms with E-state index in [1.807, 2.05) is 0 Å². The maximum atomic E-state index is 5.67. The number of fused-ring (bicyclic) bond motifs is 2. The molecule has 3 rings (SSSR count). The van der Waals surface area contributed by atoms with Gasteiger partial charge in [-0.1, -0.05) is 39.4 Å². The molecular weight excluding hydrogens is 260 g/mol. The Kier molecular flexibility index (Phi) is 1.69. The highest BCUT2D eigenvalue weighted by Crippen LogP contribution is 2.31. The molecule has 0 unspecified atom stereocenters.